The third-order valence-corrected chi connectivity index (χ3v) is 1.04. The zero-order chi connectivity index (χ0) is 9.40. The molecule has 0 bridgehead atoms. The van der Waals surface area contributed by atoms with Gasteiger partial charge in [0.15, 0.2) is 11.9 Å². The van der Waals surface area contributed by atoms with Crippen molar-refractivity contribution in [1.82, 2.24) is 5.32 Å². The van der Waals surface area contributed by atoms with E-state index in [2.05, 4.69) is 17.2 Å². The summed E-state index contributed by atoms with van der Waals surface area (Å²) in [5.74, 6) is -0.0741. The number of unbranched alkanes of at least 4 members (excludes halogenated alkanes) is 1. The van der Waals surface area contributed by atoms with Crippen molar-refractivity contribution < 1.29 is 0 Å². The van der Waals surface area contributed by atoms with Gasteiger partial charge in [0.05, 0.1) is 0 Å². The Hall–Kier alpha value is -1.52. The van der Waals surface area contributed by atoms with Crippen LogP contribution in [-0.4, -0.2) is 11.9 Å². The zero-order valence-electron chi connectivity index (χ0n) is 7.17. The minimum atomic E-state index is -0.208. The molecule has 0 radical (unpaired) electrons. The number of hydrogen-bond acceptors (Lipinski definition) is 2. The van der Waals surface area contributed by atoms with Gasteiger partial charge in [-0.2, -0.15) is 0 Å². The highest BCUT2D eigenvalue weighted by Crippen LogP contribution is 1.87. The molecule has 0 fully saturated rings. The Morgan fingerprint density at radius 1 is 1.58 bits per heavy atom. The smallest absolute Gasteiger partial charge is 0.200 e. The minimum absolute atomic E-state index is 0.134. The van der Waals surface area contributed by atoms with E-state index in [9.17, 15) is 0 Å². The molecule has 6 N–H and O–H groups in total. The molecule has 0 aliphatic rings. The van der Waals surface area contributed by atoms with Crippen LogP contribution in [-0.2, 0) is 0 Å². The standard InChI is InChI=1S/C7H15N5/c1-2-3-4-5-11-7(10)12-6(8)9/h4-5H,2-3H2,1H3,(H6,8,9,10,11,12). The van der Waals surface area contributed by atoms with Crippen LogP contribution >= 0.6 is 0 Å². The van der Waals surface area contributed by atoms with Crippen molar-refractivity contribution >= 4 is 11.9 Å². The fourth-order valence-electron chi connectivity index (χ4n) is 0.544. The average Bonchev–Trinajstić information content (AvgIpc) is 1.97. The summed E-state index contributed by atoms with van der Waals surface area (Å²) in [6.45, 7) is 2.07. The van der Waals surface area contributed by atoms with Crippen LogP contribution in [0.2, 0.25) is 0 Å². The van der Waals surface area contributed by atoms with Crippen LogP contribution in [0.1, 0.15) is 19.8 Å². The Labute approximate surface area is 72.0 Å². The van der Waals surface area contributed by atoms with Gasteiger partial charge in [-0.3, -0.25) is 10.7 Å². The predicted octanol–water partition coefficient (Wildman–Crippen LogP) is 0.0980. The maximum Gasteiger partial charge on any atom is 0.200 e. The average molecular weight is 169 g/mol. The van der Waals surface area contributed by atoms with Crippen LogP contribution in [0.5, 0.6) is 0 Å². The summed E-state index contributed by atoms with van der Waals surface area (Å²) in [5.41, 5.74) is 10.3. The Bertz CT molecular complexity index is 194. The lowest BCUT2D eigenvalue weighted by Crippen LogP contribution is -2.40. The van der Waals surface area contributed by atoms with Crippen molar-refractivity contribution in [2.45, 2.75) is 19.8 Å². The minimum Gasteiger partial charge on any atom is -0.370 e. The van der Waals surface area contributed by atoms with Crippen molar-refractivity contribution in [2.75, 3.05) is 0 Å². The molecule has 0 spiro atoms. The first-order chi connectivity index (χ1) is 5.66. The molecule has 0 atom stereocenters. The molecule has 5 nitrogen and oxygen atoms in total. The van der Waals surface area contributed by atoms with Crippen LogP contribution in [0.3, 0.4) is 0 Å². The van der Waals surface area contributed by atoms with Crippen molar-refractivity contribution in [3.63, 3.8) is 0 Å². The molecule has 0 aliphatic heterocycles. The molecule has 12 heavy (non-hydrogen) atoms. The number of nitrogens with zero attached hydrogens (tertiary/aromatic N) is 1. The number of rotatable bonds is 3. The normalized spacial score (nSPS) is 11.9. The third-order valence-electron chi connectivity index (χ3n) is 1.04. The van der Waals surface area contributed by atoms with E-state index in [0.717, 1.165) is 12.8 Å². The summed E-state index contributed by atoms with van der Waals surface area (Å²) in [5, 5.41) is 9.18. The fraction of sp³-hybridized carbons (Fsp3) is 0.429. The van der Waals surface area contributed by atoms with E-state index >= 15 is 0 Å². The third kappa shape index (κ3) is 6.60. The van der Waals surface area contributed by atoms with Crippen molar-refractivity contribution in [3.8, 4) is 0 Å². The molecule has 0 amide bonds. The van der Waals surface area contributed by atoms with Gasteiger partial charge in [0.1, 0.15) is 0 Å². The Morgan fingerprint density at radius 2 is 2.25 bits per heavy atom. The number of nitrogens with two attached hydrogens (primary N) is 2. The van der Waals surface area contributed by atoms with E-state index < -0.39 is 0 Å². The Morgan fingerprint density at radius 3 is 2.75 bits per heavy atom. The molecule has 5 heteroatoms. The summed E-state index contributed by atoms with van der Waals surface area (Å²) < 4.78 is 0. The van der Waals surface area contributed by atoms with Crippen LogP contribution < -0.4 is 16.8 Å². The highest BCUT2D eigenvalue weighted by Gasteiger charge is 1.88. The first-order valence-electron chi connectivity index (χ1n) is 3.76. The first-order valence-corrected chi connectivity index (χ1v) is 3.76. The van der Waals surface area contributed by atoms with Gasteiger partial charge < -0.3 is 11.5 Å². The number of nitrogens with one attached hydrogen (secondary N) is 2. The second-order valence-corrected chi connectivity index (χ2v) is 2.23. The van der Waals surface area contributed by atoms with Crippen molar-refractivity contribution in [1.29, 1.82) is 5.41 Å². The summed E-state index contributed by atoms with van der Waals surface area (Å²) in [6.07, 6.45) is 5.53. The highest BCUT2D eigenvalue weighted by molar-refractivity contribution is 5.95. The highest BCUT2D eigenvalue weighted by atomic mass is 15.2. The van der Waals surface area contributed by atoms with E-state index in [1.807, 2.05) is 6.08 Å². The monoisotopic (exact) mass is 169 g/mol. The lowest BCUT2D eigenvalue weighted by atomic mass is 10.3. The van der Waals surface area contributed by atoms with Gasteiger partial charge in [-0.25, -0.2) is 4.99 Å². The van der Waals surface area contributed by atoms with Crippen LogP contribution in [0.15, 0.2) is 17.3 Å². The van der Waals surface area contributed by atoms with Gasteiger partial charge in [-0.1, -0.05) is 19.4 Å². The van der Waals surface area contributed by atoms with Gasteiger partial charge in [-0.05, 0) is 6.42 Å². The molecule has 0 unspecified atom stereocenters. The zero-order valence-corrected chi connectivity index (χ0v) is 7.17. The van der Waals surface area contributed by atoms with E-state index in [4.69, 9.17) is 16.9 Å². The van der Waals surface area contributed by atoms with Crippen molar-refractivity contribution in [3.05, 3.63) is 12.3 Å². The van der Waals surface area contributed by atoms with Gasteiger partial charge in [0, 0.05) is 6.20 Å². The number of guanidine groups is 2. The molecule has 0 heterocycles. The maximum atomic E-state index is 6.82. The summed E-state index contributed by atoms with van der Waals surface area (Å²) >= 11 is 0. The number of aliphatic imine (C=N–C) groups is 1. The SMILES string of the molecule is CCCC=CN=C(N)NC(=N)N. The van der Waals surface area contributed by atoms with Gasteiger partial charge in [0.25, 0.3) is 0 Å². The lowest BCUT2D eigenvalue weighted by molar-refractivity contribution is 0.955. The van der Waals surface area contributed by atoms with Gasteiger partial charge in [-0.15, -0.1) is 0 Å². The lowest BCUT2D eigenvalue weighted by Gasteiger charge is -1.98. The molecule has 0 saturated heterocycles. The van der Waals surface area contributed by atoms with E-state index in [1.54, 1.807) is 6.20 Å². The quantitative estimate of drug-likeness (QED) is 0.356. The second-order valence-electron chi connectivity index (χ2n) is 2.23. The molecular formula is C7H15N5. The molecule has 0 aromatic rings. The number of hydrogen-bond donors (Lipinski definition) is 4. The largest absolute Gasteiger partial charge is 0.370 e. The maximum absolute atomic E-state index is 6.82. The molecule has 68 valence electrons. The van der Waals surface area contributed by atoms with E-state index in [-0.39, 0.29) is 11.9 Å². The van der Waals surface area contributed by atoms with Gasteiger partial charge in [0.2, 0.25) is 0 Å². The van der Waals surface area contributed by atoms with Crippen LogP contribution in [0.25, 0.3) is 0 Å². The van der Waals surface area contributed by atoms with Crippen LogP contribution in [0, 0.1) is 5.41 Å². The predicted molar refractivity (Wildman–Crippen MR) is 50.7 cm³/mol. The summed E-state index contributed by atoms with van der Waals surface area (Å²) in [4.78, 5) is 3.78. The summed E-state index contributed by atoms with van der Waals surface area (Å²) in [7, 11) is 0. The van der Waals surface area contributed by atoms with E-state index in [0.29, 0.717) is 0 Å². The first kappa shape index (κ1) is 10.5. The molecule has 0 saturated carbocycles. The van der Waals surface area contributed by atoms with E-state index in [1.165, 1.54) is 0 Å². The topological polar surface area (TPSA) is 100 Å². The second kappa shape index (κ2) is 6.21. The fourth-order valence-corrected chi connectivity index (χ4v) is 0.544. The van der Waals surface area contributed by atoms with Gasteiger partial charge >= 0.3 is 0 Å². The molecular weight excluding hydrogens is 154 g/mol. The molecule has 0 aliphatic carbocycles. The Kier molecular flexibility index (Phi) is 5.42. The molecule has 0 aromatic carbocycles. The van der Waals surface area contributed by atoms with Crippen LogP contribution in [0.4, 0.5) is 0 Å². The molecule has 0 rings (SSSR count). The van der Waals surface area contributed by atoms with Crippen molar-refractivity contribution in [2.24, 2.45) is 16.5 Å². The number of allylic oxidation sites excluding steroid dienone is 1. The summed E-state index contributed by atoms with van der Waals surface area (Å²) in [6, 6.07) is 0. The Balaban J connectivity index is 3.75. The molecule has 0 aromatic heterocycles.